The predicted molar refractivity (Wildman–Crippen MR) is 223 cm³/mol. The number of hydrogen-bond acceptors (Lipinski definition) is 11. The maximum atomic E-state index is 13.2. The van der Waals surface area contributed by atoms with Crippen LogP contribution in [0.3, 0.4) is 0 Å². The summed E-state index contributed by atoms with van der Waals surface area (Å²) in [6.45, 7) is 21.0. The molecule has 5 N–H and O–H groups in total. The zero-order valence-electron chi connectivity index (χ0n) is 36.8. The number of esters is 3. The largest absolute Gasteiger partial charge is 0.460 e. The van der Waals surface area contributed by atoms with E-state index in [0.717, 1.165) is 16.3 Å². The van der Waals surface area contributed by atoms with E-state index in [4.69, 9.17) is 24.7 Å². The molecule has 0 aliphatic carbocycles. The normalized spacial score (nSPS) is 13.7. The van der Waals surface area contributed by atoms with Gasteiger partial charge in [-0.2, -0.15) is 0 Å². The lowest BCUT2D eigenvalue weighted by atomic mass is 9.99. The minimum absolute atomic E-state index is 0.0959. The highest BCUT2D eigenvalue weighted by atomic mass is 16.6. The molecular weight excluding hydrogens is 746 g/mol. The molecule has 58 heavy (non-hydrogen) atoms. The van der Waals surface area contributed by atoms with E-state index < -0.39 is 70.6 Å². The number of nitrogens with zero attached hydrogens (tertiary/aromatic N) is 1. The molecular formula is C43H67N5O10. The Morgan fingerprint density at radius 1 is 0.690 bits per heavy atom. The van der Waals surface area contributed by atoms with Crippen LogP contribution in [-0.4, -0.2) is 90.1 Å². The zero-order chi connectivity index (χ0) is 44.2. The molecule has 0 unspecified atom stereocenters. The fraction of sp³-hybridized carbons (Fsp3) is 0.628. The fourth-order valence-corrected chi connectivity index (χ4v) is 5.59. The number of fused-ring (bicyclic) bond motifs is 1. The van der Waals surface area contributed by atoms with E-state index in [9.17, 15) is 28.8 Å². The molecule has 2 rings (SSSR count). The van der Waals surface area contributed by atoms with Gasteiger partial charge in [-0.3, -0.25) is 14.5 Å². The predicted octanol–water partition coefficient (Wildman–Crippen LogP) is 6.21. The number of carbonyl (C=O) groups is 6. The molecule has 0 saturated heterocycles. The van der Waals surface area contributed by atoms with Gasteiger partial charge in [-0.1, -0.05) is 30.3 Å². The second-order valence-corrected chi connectivity index (χ2v) is 18.4. The Bertz CT molecular complexity index is 1750. The molecule has 0 aliphatic rings. The Labute approximate surface area is 343 Å². The lowest BCUT2D eigenvalue weighted by molar-refractivity contribution is -0.159. The summed E-state index contributed by atoms with van der Waals surface area (Å²) in [5.74, 6) is -2.35. The second kappa shape index (κ2) is 20.7. The van der Waals surface area contributed by atoms with Gasteiger partial charge < -0.3 is 40.6 Å². The summed E-state index contributed by atoms with van der Waals surface area (Å²) >= 11 is 0. The quantitative estimate of drug-likeness (QED) is 0.0852. The molecule has 0 heterocycles. The molecule has 324 valence electrons. The van der Waals surface area contributed by atoms with Gasteiger partial charge in [0.25, 0.3) is 0 Å². The van der Waals surface area contributed by atoms with Crippen molar-refractivity contribution in [2.75, 3.05) is 18.5 Å². The van der Waals surface area contributed by atoms with Crippen LogP contribution in [0, 0.1) is 0 Å². The first-order valence-corrected chi connectivity index (χ1v) is 19.8. The van der Waals surface area contributed by atoms with E-state index >= 15 is 0 Å². The number of nitrogens with one attached hydrogen (secondary N) is 3. The van der Waals surface area contributed by atoms with Crippen molar-refractivity contribution in [3.05, 3.63) is 42.0 Å². The van der Waals surface area contributed by atoms with Crippen LogP contribution >= 0.6 is 0 Å². The van der Waals surface area contributed by atoms with Gasteiger partial charge in [0.15, 0.2) is 0 Å². The molecule has 2 aromatic carbocycles. The number of carbonyl (C=O) groups excluding carboxylic acids is 6. The van der Waals surface area contributed by atoms with Crippen molar-refractivity contribution in [2.24, 2.45) is 5.73 Å². The Hall–Kier alpha value is -4.92. The Kier molecular flexibility index (Phi) is 17.5. The van der Waals surface area contributed by atoms with Crippen molar-refractivity contribution in [3.8, 4) is 0 Å². The maximum absolute atomic E-state index is 13.2. The summed E-state index contributed by atoms with van der Waals surface area (Å²) in [5.41, 5.74) is 4.61. The van der Waals surface area contributed by atoms with Crippen molar-refractivity contribution in [2.45, 2.75) is 162 Å². The van der Waals surface area contributed by atoms with E-state index in [-0.39, 0.29) is 38.1 Å². The third-order valence-electron chi connectivity index (χ3n) is 7.99. The average molecular weight is 814 g/mol. The van der Waals surface area contributed by atoms with Gasteiger partial charge in [-0.25, -0.2) is 19.2 Å². The molecule has 2 aromatic rings. The number of unbranched alkanes of at least 4 members (excludes halogenated alkanes) is 1. The Morgan fingerprint density at radius 2 is 1.21 bits per heavy atom. The summed E-state index contributed by atoms with van der Waals surface area (Å²) in [5, 5.41) is 9.73. The molecule has 3 atom stereocenters. The van der Waals surface area contributed by atoms with Crippen LogP contribution in [0.4, 0.5) is 15.3 Å². The molecule has 0 aromatic heterocycles. The number of ether oxygens (including phenoxy) is 4. The van der Waals surface area contributed by atoms with Gasteiger partial charge in [0, 0.05) is 25.4 Å². The van der Waals surface area contributed by atoms with E-state index in [0.29, 0.717) is 18.5 Å². The third kappa shape index (κ3) is 18.6. The van der Waals surface area contributed by atoms with Gasteiger partial charge in [0.1, 0.15) is 34.5 Å². The lowest BCUT2D eigenvalue weighted by Gasteiger charge is -2.27. The van der Waals surface area contributed by atoms with Crippen LogP contribution in [0.25, 0.3) is 10.8 Å². The molecule has 0 saturated carbocycles. The second-order valence-electron chi connectivity index (χ2n) is 18.4. The van der Waals surface area contributed by atoms with Crippen LogP contribution in [0.2, 0.25) is 0 Å². The maximum Gasteiger partial charge on any atom is 0.414 e. The average Bonchev–Trinajstić information content (AvgIpc) is 3.05. The van der Waals surface area contributed by atoms with Gasteiger partial charge >= 0.3 is 30.0 Å². The van der Waals surface area contributed by atoms with Gasteiger partial charge in [-0.05, 0) is 132 Å². The number of hydrogen-bond donors (Lipinski definition) is 4. The summed E-state index contributed by atoms with van der Waals surface area (Å²) in [6.07, 6.45) is 0.430. The van der Waals surface area contributed by atoms with Crippen LogP contribution in [-0.2, 0) is 44.5 Å². The van der Waals surface area contributed by atoms with Gasteiger partial charge in [-0.15, -0.1) is 0 Å². The standard InChI is InChI=1S/C43H67N5O10/c1-40(2,3)55-34(49)22-21-32(37(52)57-42(7,8)9)47-38(53)46-31(36(51)56-41(4,5)6)20-16-17-23-45-35(50)30(44)25-27-24-28-18-14-15-19-29(28)33(26-27)48(13)39(54)58-43(10,11)12/h14-15,18-19,24,26,30-32H,16-17,20-23,25,44H2,1-13H3,(H,45,50)(H2,46,47,53)/t30-,31+,32+/m1/s1. The van der Waals surface area contributed by atoms with E-state index in [2.05, 4.69) is 16.0 Å². The molecule has 15 nitrogen and oxygen atoms in total. The number of anilines is 1. The lowest BCUT2D eigenvalue weighted by Crippen LogP contribution is -2.53. The van der Waals surface area contributed by atoms with E-state index in [1.165, 1.54) is 4.90 Å². The molecule has 0 spiro atoms. The van der Waals surface area contributed by atoms with E-state index in [1.807, 2.05) is 36.4 Å². The molecule has 0 aliphatic heterocycles. The van der Waals surface area contributed by atoms with Crippen molar-refractivity contribution in [3.63, 3.8) is 0 Å². The van der Waals surface area contributed by atoms with Gasteiger partial charge in [0.2, 0.25) is 5.91 Å². The van der Waals surface area contributed by atoms with Crippen molar-refractivity contribution in [1.82, 2.24) is 16.0 Å². The summed E-state index contributed by atoms with van der Waals surface area (Å²) in [4.78, 5) is 79.4. The van der Waals surface area contributed by atoms with Crippen LogP contribution in [0.15, 0.2) is 36.4 Å². The zero-order valence-corrected chi connectivity index (χ0v) is 36.8. The minimum Gasteiger partial charge on any atom is -0.460 e. The number of amides is 4. The van der Waals surface area contributed by atoms with Gasteiger partial charge in [0.05, 0.1) is 11.7 Å². The number of benzene rings is 2. The summed E-state index contributed by atoms with van der Waals surface area (Å²) in [6, 6.07) is 7.34. The Balaban J connectivity index is 2.07. The minimum atomic E-state index is -1.21. The monoisotopic (exact) mass is 813 g/mol. The van der Waals surface area contributed by atoms with Crippen LogP contribution in [0.1, 0.15) is 121 Å². The van der Waals surface area contributed by atoms with Crippen molar-refractivity contribution < 1.29 is 47.7 Å². The molecule has 4 amide bonds. The molecule has 0 radical (unpaired) electrons. The highest BCUT2D eigenvalue weighted by Gasteiger charge is 2.31. The molecule has 0 fully saturated rings. The third-order valence-corrected chi connectivity index (χ3v) is 7.99. The fourth-order valence-electron chi connectivity index (χ4n) is 5.59. The molecule has 15 heteroatoms. The number of urea groups is 1. The highest BCUT2D eigenvalue weighted by molar-refractivity contribution is 6.02. The SMILES string of the molecule is CN(C(=O)OC(C)(C)C)c1cc(C[C@@H](N)C(=O)NCCCC[C@H](NC(=O)N[C@@H](CCC(=O)OC(C)(C)C)C(=O)OC(C)(C)C)C(=O)OC(C)(C)C)cc2ccccc12. The summed E-state index contributed by atoms with van der Waals surface area (Å²) in [7, 11) is 1.64. The van der Waals surface area contributed by atoms with Crippen molar-refractivity contribution >= 4 is 52.4 Å². The van der Waals surface area contributed by atoms with Crippen LogP contribution in [0.5, 0.6) is 0 Å². The first-order chi connectivity index (χ1) is 26.5. The van der Waals surface area contributed by atoms with Crippen molar-refractivity contribution in [1.29, 1.82) is 0 Å². The number of rotatable bonds is 16. The smallest absolute Gasteiger partial charge is 0.414 e. The first-order valence-electron chi connectivity index (χ1n) is 19.8. The highest BCUT2D eigenvalue weighted by Crippen LogP contribution is 2.30. The first kappa shape index (κ1) is 49.2. The van der Waals surface area contributed by atoms with E-state index in [1.54, 1.807) is 90.1 Å². The van der Waals surface area contributed by atoms with Crippen LogP contribution < -0.4 is 26.6 Å². The topological polar surface area (TPSA) is 205 Å². The summed E-state index contributed by atoms with van der Waals surface area (Å²) < 4.78 is 22.0. The number of nitrogens with two attached hydrogens (primary N) is 1. The molecule has 0 bridgehead atoms. The Morgan fingerprint density at radius 3 is 1.74 bits per heavy atom.